The summed E-state index contributed by atoms with van der Waals surface area (Å²) in [5, 5.41) is 10.2. The average Bonchev–Trinajstić information content (AvgIpc) is 2.48. The minimum atomic E-state index is -0.605. The highest BCUT2D eigenvalue weighted by molar-refractivity contribution is 5.78. The zero-order chi connectivity index (χ0) is 15.8. The lowest BCUT2D eigenvalue weighted by atomic mass is 10.1. The molecule has 0 fully saturated rings. The Morgan fingerprint density at radius 2 is 1.81 bits per heavy atom. The van der Waals surface area contributed by atoms with Crippen LogP contribution in [0, 0.1) is 0 Å². The molecule has 0 saturated heterocycles. The van der Waals surface area contributed by atoms with Gasteiger partial charge < -0.3 is 15.7 Å². The van der Waals surface area contributed by atoms with Gasteiger partial charge in [-0.25, -0.2) is 0 Å². The van der Waals surface area contributed by atoms with Crippen LogP contribution < -0.4 is 5.73 Å². The van der Waals surface area contributed by atoms with Crippen LogP contribution in [0.15, 0.2) is 24.3 Å². The number of likely N-dealkylation sites (N-methyl/N-ethyl adjacent to an activating group) is 2. The number of nitrogens with two attached hydrogens (primary N) is 1. The van der Waals surface area contributed by atoms with Crippen molar-refractivity contribution in [2.24, 2.45) is 5.73 Å². The summed E-state index contributed by atoms with van der Waals surface area (Å²) < 4.78 is 0. The summed E-state index contributed by atoms with van der Waals surface area (Å²) in [7, 11) is 1.85. The van der Waals surface area contributed by atoms with Crippen molar-refractivity contribution < 1.29 is 9.90 Å². The fraction of sp³-hybridized carbons (Fsp3) is 0.562. The molecule has 1 amide bonds. The molecule has 1 rings (SSSR count). The first-order chi connectivity index (χ1) is 10.0. The Morgan fingerprint density at radius 1 is 1.24 bits per heavy atom. The molecule has 0 aliphatic rings. The molecule has 0 radical (unpaired) electrons. The van der Waals surface area contributed by atoms with Gasteiger partial charge in [-0.1, -0.05) is 24.3 Å². The molecule has 1 atom stereocenters. The van der Waals surface area contributed by atoms with Crippen LogP contribution in [0.3, 0.4) is 0 Å². The fourth-order valence-corrected chi connectivity index (χ4v) is 2.25. The molecule has 0 aliphatic heterocycles. The van der Waals surface area contributed by atoms with E-state index >= 15 is 0 Å². The zero-order valence-electron chi connectivity index (χ0n) is 13.2. The van der Waals surface area contributed by atoms with Gasteiger partial charge in [0.15, 0.2) is 0 Å². The predicted molar refractivity (Wildman–Crippen MR) is 84.7 cm³/mol. The van der Waals surface area contributed by atoms with E-state index in [1.54, 1.807) is 4.90 Å². The number of nitrogens with zero attached hydrogens (tertiary/aromatic N) is 2. The number of carbonyl (C=O) groups excluding carboxylic acids is 1. The first-order valence-corrected chi connectivity index (χ1v) is 7.45. The monoisotopic (exact) mass is 293 g/mol. The smallest absolute Gasteiger partial charge is 0.236 e. The van der Waals surface area contributed by atoms with Crippen molar-refractivity contribution in [3.8, 4) is 0 Å². The van der Waals surface area contributed by atoms with Gasteiger partial charge in [0.1, 0.15) is 0 Å². The zero-order valence-corrected chi connectivity index (χ0v) is 13.2. The summed E-state index contributed by atoms with van der Waals surface area (Å²) in [4.78, 5) is 15.6. The van der Waals surface area contributed by atoms with Gasteiger partial charge in [0.05, 0.1) is 12.6 Å². The molecule has 21 heavy (non-hydrogen) atoms. The maximum atomic E-state index is 12.0. The third kappa shape index (κ3) is 5.46. The third-order valence-corrected chi connectivity index (χ3v) is 3.61. The summed E-state index contributed by atoms with van der Waals surface area (Å²) in [6.45, 7) is 6.60. The van der Waals surface area contributed by atoms with E-state index in [-0.39, 0.29) is 5.91 Å². The highest BCUT2D eigenvalue weighted by atomic mass is 16.3. The van der Waals surface area contributed by atoms with E-state index in [1.165, 1.54) is 0 Å². The van der Waals surface area contributed by atoms with Crippen LogP contribution in [-0.4, -0.2) is 54.0 Å². The molecule has 1 unspecified atom stereocenters. The summed E-state index contributed by atoms with van der Waals surface area (Å²) >= 11 is 0. The van der Waals surface area contributed by atoms with Crippen molar-refractivity contribution in [1.82, 2.24) is 9.80 Å². The molecule has 0 aromatic heterocycles. The fourth-order valence-electron chi connectivity index (χ4n) is 2.25. The van der Waals surface area contributed by atoms with Crippen molar-refractivity contribution in [3.05, 3.63) is 35.4 Å². The number of aliphatic hydroxyl groups excluding tert-OH is 1. The van der Waals surface area contributed by atoms with Crippen molar-refractivity contribution >= 4 is 5.91 Å². The first-order valence-electron chi connectivity index (χ1n) is 7.45. The summed E-state index contributed by atoms with van der Waals surface area (Å²) in [5.74, 6) is 0.0909. The number of benzene rings is 1. The van der Waals surface area contributed by atoms with Gasteiger partial charge in [0.2, 0.25) is 5.91 Å². The van der Waals surface area contributed by atoms with Gasteiger partial charge in [-0.05, 0) is 32.0 Å². The second-order valence-electron chi connectivity index (χ2n) is 5.22. The minimum absolute atomic E-state index is 0.0909. The molecular formula is C16H27N3O2. The van der Waals surface area contributed by atoms with E-state index in [0.29, 0.717) is 32.7 Å². The molecule has 5 nitrogen and oxygen atoms in total. The number of hydrogen-bond acceptors (Lipinski definition) is 4. The molecular weight excluding hydrogens is 266 g/mol. The molecule has 5 heteroatoms. The lowest BCUT2D eigenvalue weighted by Crippen LogP contribution is -2.40. The molecule has 0 heterocycles. The lowest BCUT2D eigenvalue weighted by Gasteiger charge is -2.24. The molecule has 0 bridgehead atoms. The van der Waals surface area contributed by atoms with Gasteiger partial charge in [-0.15, -0.1) is 0 Å². The Balaban J connectivity index is 2.52. The Bertz CT molecular complexity index is 430. The van der Waals surface area contributed by atoms with Crippen molar-refractivity contribution in [3.63, 3.8) is 0 Å². The molecule has 0 saturated carbocycles. The predicted octanol–water partition coefficient (Wildman–Crippen LogP) is 0.979. The molecule has 0 spiro atoms. The highest BCUT2D eigenvalue weighted by Gasteiger charge is 2.16. The van der Waals surface area contributed by atoms with E-state index < -0.39 is 6.10 Å². The Kier molecular flexibility index (Phi) is 7.36. The summed E-state index contributed by atoms with van der Waals surface area (Å²) in [6, 6.07) is 7.60. The molecule has 0 aliphatic carbocycles. The second kappa shape index (κ2) is 8.77. The van der Waals surface area contributed by atoms with E-state index in [0.717, 1.165) is 11.1 Å². The second-order valence-corrected chi connectivity index (χ2v) is 5.22. The highest BCUT2D eigenvalue weighted by Crippen LogP contribution is 2.14. The quantitative estimate of drug-likeness (QED) is 0.749. The van der Waals surface area contributed by atoms with E-state index in [9.17, 15) is 9.90 Å². The largest absolute Gasteiger partial charge is 0.387 e. The lowest BCUT2D eigenvalue weighted by molar-refractivity contribution is -0.132. The SMILES string of the molecule is CCN(CC)C(=O)CN(C)CC(O)c1ccc(CN)cc1. The van der Waals surface area contributed by atoms with Crippen LogP contribution in [-0.2, 0) is 11.3 Å². The van der Waals surface area contributed by atoms with Crippen LogP contribution in [0.4, 0.5) is 0 Å². The van der Waals surface area contributed by atoms with Gasteiger partial charge in [-0.2, -0.15) is 0 Å². The number of hydrogen-bond donors (Lipinski definition) is 2. The van der Waals surface area contributed by atoms with Crippen LogP contribution >= 0.6 is 0 Å². The first kappa shape index (κ1) is 17.6. The van der Waals surface area contributed by atoms with Crippen molar-refractivity contribution in [2.75, 3.05) is 33.2 Å². The van der Waals surface area contributed by atoms with E-state index in [4.69, 9.17) is 5.73 Å². The number of aliphatic hydroxyl groups is 1. The Morgan fingerprint density at radius 3 is 2.29 bits per heavy atom. The van der Waals surface area contributed by atoms with Crippen molar-refractivity contribution in [2.45, 2.75) is 26.5 Å². The summed E-state index contributed by atoms with van der Waals surface area (Å²) in [5.41, 5.74) is 7.43. The van der Waals surface area contributed by atoms with Gasteiger partial charge in [0.25, 0.3) is 0 Å². The topological polar surface area (TPSA) is 69.8 Å². The maximum Gasteiger partial charge on any atom is 0.236 e. The van der Waals surface area contributed by atoms with E-state index in [1.807, 2.05) is 50.1 Å². The maximum absolute atomic E-state index is 12.0. The number of carbonyl (C=O) groups is 1. The molecule has 1 aromatic rings. The van der Waals surface area contributed by atoms with Crippen molar-refractivity contribution in [1.29, 1.82) is 0 Å². The molecule has 3 N–H and O–H groups in total. The van der Waals surface area contributed by atoms with Crippen LogP contribution in [0.5, 0.6) is 0 Å². The van der Waals surface area contributed by atoms with Gasteiger partial charge in [-0.3, -0.25) is 9.69 Å². The minimum Gasteiger partial charge on any atom is -0.387 e. The van der Waals surface area contributed by atoms with Gasteiger partial charge in [0, 0.05) is 26.2 Å². The average molecular weight is 293 g/mol. The third-order valence-electron chi connectivity index (χ3n) is 3.61. The summed E-state index contributed by atoms with van der Waals surface area (Å²) in [6.07, 6.45) is -0.605. The number of amides is 1. The Labute approximate surface area is 127 Å². The van der Waals surface area contributed by atoms with Crippen LogP contribution in [0.25, 0.3) is 0 Å². The molecule has 1 aromatic carbocycles. The number of rotatable bonds is 8. The normalized spacial score (nSPS) is 12.5. The Hall–Kier alpha value is -1.43. The molecule has 118 valence electrons. The van der Waals surface area contributed by atoms with E-state index in [2.05, 4.69) is 0 Å². The van der Waals surface area contributed by atoms with Gasteiger partial charge >= 0.3 is 0 Å². The van der Waals surface area contributed by atoms with Crippen LogP contribution in [0.2, 0.25) is 0 Å². The van der Waals surface area contributed by atoms with Crippen LogP contribution in [0.1, 0.15) is 31.1 Å². The standard InChI is InChI=1S/C16H27N3O2/c1-4-19(5-2)16(21)12-18(3)11-15(20)14-8-6-13(10-17)7-9-14/h6-9,15,20H,4-5,10-12,17H2,1-3H3.